The molecule has 158 valence electrons. The predicted octanol–water partition coefficient (Wildman–Crippen LogP) is 4.07. The molecule has 0 fully saturated rings. The molecule has 0 radical (unpaired) electrons. The lowest BCUT2D eigenvalue weighted by atomic mass is 9.88. The second-order valence-corrected chi connectivity index (χ2v) is 6.89. The number of ether oxygens (including phenoxy) is 2. The van der Waals surface area contributed by atoms with Gasteiger partial charge in [0.1, 0.15) is 6.10 Å². The van der Waals surface area contributed by atoms with Gasteiger partial charge in [-0.25, -0.2) is 0 Å². The average Bonchev–Trinajstić information content (AvgIpc) is 2.66. The van der Waals surface area contributed by atoms with Crippen LogP contribution < -0.4 is 0 Å². The molecule has 0 spiro atoms. The summed E-state index contributed by atoms with van der Waals surface area (Å²) >= 11 is 0. The van der Waals surface area contributed by atoms with Crippen molar-refractivity contribution in [1.29, 1.82) is 0 Å². The lowest BCUT2D eigenvalue weighted by Gasteiger charge is -2.23. The highest BCUT2D eigenvalue weighted by Gasteiger charge is 2.36. The van der Waals surface area contributed by atoms with E-state index in [9.17, 15) is 19.7 Å². The quantitative estimate of drug-likeness (QED) is 0.188. The molecule has 0 aromatic rings. The Kier molecular flexibility index (Phi) is 10.3. The maximum absolute atomic E-state index is 12.7. The van der Waals surface area contributed by atoms with Crippen LogP contribution in [0, 0.1) is 10.1 Å². The molecule has 1 atom stereocenters. The second kappa shape index (κ2) is 12.2. The lowest BCUT2D eigenvalue weighted by molar-refractivity contribution is -0.768. The largest absolute Gasteiger partial charge is 0.489 e. The summed E-state index contributed by atoms with van der Waals surface area (Å²) in [6.07, 6.45) is 7.16. The van der Waals surface area contributed by atoms with E-state index in [0.717, 1.165) is 25.7 Å². The zero-order valence-corrected chi connectivity index (χ0v) is 17.2. The molecule has 0 N–H and O–H groups in total. The van der Waals surface area contributed by atoms with Crippen molar-refractivity contribution >= 4 is 11.6 Å². The van der Waals surface area contributed by atoms with Crippen molar-refractivity contribution in [3.05, 3.63) is 32.8 Å². The summed E-state index contributed by atoms with van der Waals surface area (Å²) < 4.78 is 10.0. The van der Waals surface area contributed by atoms with Crippen molar-refractivity contribution in [3.8, 4) is 0 Å². The van der Waals surface area contributed by atoms with Crippen molar-refractivity contribution in [3.63, 3.8) is 0 Å². The number of hydrogen-bond acceptors (Lipinski definition) is 7. The number of hydrogen-bond donors (Lipinski definition) is 0. The summed E-state index contributed by atoms with van der Waals surface area (Å²) in [4.78, 5) is 40.8. The molecule has 0 aromatic heterocycles. The van der Waals surface area contributed by atoms with Crippen molar-refractivity contribution in [1.82, 2.24) is 0 Å². The zero-order valence-electron chi connectivity index (χ0n) is 17.2. The Hall–Kier alpha value is -2.38. The SMILES string of the molecule is CCCCCCCCCC(CC1=C(C)C(=O)C(OC)=C(OC)C1=O)O[N+](=O)[O-]. The van der Waals surface area contributed by atoms with Crippen molar-refractivity contribution in [2.75, 3.05) is 14.2 Å². The van der Waals surface area contributed by atoms with Crippen LogP contribution in [0.4, 0.5) is 0 Å². The number of methoxy groups -OCH3 is 2. The molecule has 8 nitrogen and oxygen atoms in total. The zero-order chi connectivity index (χ0) is 21.1. The summed E-state index contributed by atoms with van der Waals surface area (Å²) in [7, 11) is 2.57. The highest BCUT2D eigenvalue weighted by Crippen LogP contribution is 2.30. The summed E-state index contributed by atoms with van der Waals surface area (Å²) in [5, 5.41) is 10.0. The number of unbranched alkanes of at least 4 members (excludes halogenated alkanes) is 6. The summed E-state index contributed by atoms with van der Waals surface area (Å²) in [5.74, 6) is -1.27. The Balaban J connectivity index is 2.77. The first-order valence-corrected chi connectivity index (χ1v) is 9.79. The number of carbonyl (C=O) groups is 2. The van der Waals surface area contributed by atoms with E-state index in [1.165, 1.54) is 40.4 Å². The molecule has 1 aliphatic carbocycles. The molecule has 1 aliphatic rings. The Morgan fingerprint density at radius 3 is 2.00 bits per heavy atom. The first-order chi connectivity index (χ1) is 13.4. The Morgan fingerprint density at radius 2 is 1.46 bits per heavy atom. The van der Waals surface area contributed by atoms with Gasteiger partial charge in [-0.05, 0) is 13.3 Å². The maximum Gasteiger partial charge on any atom is 0.294 e. The summed E-state index contributed by atoms with van der Waals surface area (Å²) in [5.41, 5.74) is 0.386. The Labute approximate surface area is 166 Å². The first-order valence-electron chi connectivity index (χ1n) is 9.79. The fourth-order valence-electron chi connectivity index (χ4n) is 3.31. The monoisotopic (exact) mass is 397 g/mol. The number of Topliss-reactive ketones (excluding diaryl/α,β-unsaturated/α-hetero) is 2. The third-order valence-corrected chi connectivity index (χ3v) is 4.89. The van der Waals surface area contributed by atoms with Gasteiger partial charge in [0, 0.05) is 17.6 Å². The predicted molar refractivity (Wildman–Crippen MR) is 103 cm³/mol. The molecule has 8 heteroatoms. The van der Waals surface area contributed by atoms with E-state index in [1.807, 2.05) is 0 Å². The van der Waals surface area contributed by atoms with E-state index in [-0.39, 0.29) is 29.1 Å². The minimum Gasteiger partial charge on any atom is -0.489 e. The topological polar surface area (TPSA) is 105 Å². The molecule has 0 bridgehead atoms. The van der Waals surface area contributed by atoms with Crippen LogP contribution in [0.5, 0.6) is 0 Å². The fraction of sp³-hybridized carbons (Fsp3) is 0.700. The molecule has 28 heavy (non-hydrogen) atoms. The van der Waals surface area contributed by atoms with Crippen LogP contribution in [-0.2, 0) is 23.9 Å². The summed E-state index contributed by atoms with van der Waals surface area (Å²) in [6.45, 7) is 3.67. The smallest absolute Gasteiger partial charge is 0.294 e. The normalized spacial score (nSPS) is 15.7. The number of nitrogens with zero attached hydrogens (tertiary/aromatic N) is 1. The van der Waals surface area contributed by atoms with E-state index in [1.54, 1.807) is 0 Å². The van der Waals surface area contributed by atoms with Gasteiger partial charge in [-0.15, -0.1) is 10.1 Å². The Bertz CT molecular complexity index is 636. The van der Waals surface area contributed by atoms with Crippen molar-refractivity contribution in [2.45, 2.75) is 77.7 Å². The fourth-order valence-corrected chi connectivity index (χ4v) is 3.31. The van der Waals surface area contributed by atoms with Crippen LogP contribution in [0.15, 0.2) is 22.7 Å². The molecular weight excluding hydrogens is 366 g/mol. The minimum absolute atomic E-state index is 0.0168. The van der Waals surface area contributed by atoms with Crippen LogP contribution in [0.2, 0.25) is 0 Å². The third kappa shape index (κ3) is 6.65. The second-order valence-electron chi connectivity index (χ2n) is 6.89. The van der Waals surface area contributed by atoms with Crippen LogP contribution in [0.25, 0.3) is 0 Å². The molecule has 0 aliphatic heterocycles. The highest BCUT2D eigenvalue weighted by atomic mass is 17.0. The molecule has 0 saturated heterocycles. The van der Waals surface area contributed by atoms with Crippen LogP contribution in [0.1, 0.15) is 71.6 Å². The van der Waals surface area contributed by atoms with Gasteiger partial charge in [-0.3, -0.25) is 9.59 Å². The number of allylic oxidation sites excluding steroid dienone is 2. The van der Waals surface area contributed by atoms with E-state index in [4.69, 9.17) is 14.3 Å². The lowest BCUT2D eigenvalue weighted by Crippen LogP contribution is -2.28. The maximum atomic E-state index is 12.7. The Morgan fingerprint density at radius 1 is 0.929 bits per heavy atom. The first kappa shape index (κ1) is 23.7. The molecule has 0 amide bonds. The molecule has 1 rings (SSSR count). The number of ketones is 2. The molecule has 0 aromatic carbocycles. The van der Waals surface area contributed by atoms with Gasteiger partial charge in [0.05, 0.1) is 14.2 Å². The van der Waals surface area contributed by atoms with Gasteiger partial charge in [-0.2, -0.15) is 0 Å². The van der Waals surface area contributed by atoms with Gasteiger partial charge in [0.2, 0.25) is 23.1 Å². The molecule has 0 saturated carbocycles. The van der Waals surface area contributed by atoms with Crippen LogP contribution in [0.3, 0.4) is 0 Å². The van der Waals surface area contributed by atoms with Gasteiger partial charge >= 0.3 is 0 Å². The number of rotatable bonds is 14. The van der Waals surface area contributed by atoms with Crippen LogP contribution in [-0.4, -0.2) is 37.0 Å². The van der Waals surface area contributed by atoms with Gasteiger partial charge < -0.3 is 14.3 Å². The van der Waals surface area contributed by atoms with Gasteiger partial charge in [-0.1, -0.05) is 51.9 Å². The van der Waals surface area contributed by atoms with E-state index < -0.39 is 22.8 Å². The standard InChI is InChI=1S/C20H31NO7/c1-5-6-7-8-9-10-11-12-15(28-21(24)25)13-16-14(2)17(22)19(26-3)20(27-4)18(16)23/h15H,5-13H2,1-4H3. The van der Waals surface area contributed by atoms with E-state index >= 15 is 0 Å². The molecular formula is C20H31NO7. The van der Waals surface area contributed by atoms with Crippen molar-refractivity contribution in [2.24, 2.45) is 0 Å². The molecule has 0 heterocycles. The highest BCUT2D eigenvalue weighted by molar-refractivity contribution is 6.23. The van der Waals surface area contributed by atoms with E-state index in [2.05, 4.69) is 6.92 Å². The van der Waals surface area contributed by atoms with E-state index in [0.29, 0.717) is 6.42 Å². The van der Waals surface area contributed by atoms with Gasteiger partial charge in [0.25, 0.3) is 5.09 Å². The number of carbonyl (C=O) groups excluding carboxylic acids is 2. The molecule has 1 unspecified atom stereocenters. The van der Waals surface area contributed by atoms with Gasteiger partial charge in [0.15, 0.2) is 0 Å². The third-order valence-electron chi connectivity index (χ3n) is 4.89. The average molecular weight is 397 g/mol. The minimum atomic E-state index is -0.843. The van der Waals surface area contributed by atoms with Crippen LogP contribution >= 0.6 is 0 Å². The van der Waals surface area contributed by atoms with Crippen molar-refractivity contribution < 1.29 is 29.0 Å². The summed E-state index contributed by atoms with van der Waals surface area (Å²) in [6, 6.07) is 0.